The molecule has 0 spiro atoms. The van der Waals surface area contributed by atoms with Gasteiger partial charge in [-0.25, -0.2) is 4.39 Å². The highest BCUT2D eigenvalue weighted by Crippen LogP contribution is 2.13. The highest BCUT2D eigenvalue weighted by atomic mass is 19.1. The van der Waals surface area contributed by atoms with Gasteiger partial charge in [0, 0.05) is 13.1 Å². The van der Waals surface area contributed by atoms with Gasteiger partial charge in [0.2, 0.25) is 0 Å². The third-order valence-corrected chi connectivity index (χ3v) is 3.05. The molecule has 0 aliphatic carbocycles. The zero-order valence-corrected chi connectivity index (χ0v) is 11.4. The van der Waals surface area contributed by atoms with Crippen LogP contribution in [-0.4, -0.2) is 56.9 Å². The maximum Gasteiger partial charge on any atom is 0.319 e. The lowest BCUT2D eigenvalue weighted by molar-refractivity contribution is -0.144. The van der Waals surface area contributed by atoms with Crippen molar-refractivity contribution in [2.45, 2.75) is 6.10 Å². The molecule has 0 amide bonds. The lowest BCUT2D eigenvalue weighted by Gasteiger charge is -2.31. The number of carbonyl (C=O) groups is 1. The molecule has 0 aromatic heterocycles. The van der Waals surface area contributed by atoms with Gasteiger partial charge < -0.3 is 14.2 Å². The third-order valence-electron chi connectivity index (χ3n) is 3.05. The van der Waals surface area contributed by atoms with Crippen molar-refractivity contribution in [3.63, 3.8) is 0 Å². The lowest BCUT2D eigenvalue weighted by Crippen LogP contribution is -2.46. The molecule has 1 aromatic rings. The van der Waals surface area contributed by atoms with Gasteiger partial charge in [-0.2, -0.15) is 0 Å². The van der Waals surface area contributed by atoms with E-state index < -0.39 is 0 Å². The average Bonchev–Trinajstić information content (AvgIpc) is 2.47. The van der Waals surface area contributed by atoms with E-state index in [2.05, 4.69) is 4.74 Å². The summed E-state index contributed by atoms with van der Waals surface area (Å²) in [5.74, 6) is 0.0423. The third kappa shape index (κ3) is 4.47. The molecule has 0 radical (unpaired) electrons. The van der Waals surface area contributed by atoms with Crippen molar-refractivity contribution < 1.29 is 23.4 Å². The molecule has 6 heteroatoms. The molecular weight excluding hydrogens is 265 g/mol. The summed E-state index contributed by atoms with van der Waals surface area (Å²) in [4.78, 5) is 13.2. The average molecular weight is 283 g/mol. The normalized spacial score (nSPS) is 19.6. The molecule has 20 heavy (non-hydrogen) atoms. The zero-order valence-electron chi connectivity index (χ0n) is 11.4. The first-order chi connectivity index (χ1) is 9.67. The number of nitrogens with zero attached hydrogens (tertiary/aromatic N) is 1. The van der Waals surface area contributed by atoms with Crippen LogP contribution in [0.2, 0.25) is 0 Å². The molecule has 1 aliphatic rings. The van der Waals surface area contributed by atoms with Gasteiger partial charge in [-0.05, 0) is 24.3 Å². The molecule has 0 N–H and O–H groups in total. The maximum absolute atomic E-state index is 12.8. The fraction of sp³-hybridized carbons (Fsp3) is 0.500. The van der Waals surface area contributed by atoms with E-state index in [0.717, 1.165) is 0 Å². The summed E-state index contributed by atoms with van der Waals surface area (Å²) in [6.07, 6.45) is -0.113. The first-order valence-corrected chi connectivity index (χ1v) is 6.46. The highest BCUT2D eigenvalue weighted by Gasteiger charge is 2.22. The summed E-state index contributed by atoms with van der Waals surface area (Å²) in [5.41, 5.74) is 0. The monoisotopic (exact) mass is 283 g/mol. The van der Waals surface area contributed by atoms with Gasteiger partial charge in [-0.3, -0.25) is 9.69 Å². The SMILES string of the molecule is COC(=O)CN1CCO[C@@H](COc2ccc(F)cc2)C1. The Hall–Kier alpha value is -1.66. The first-order valence-electron chi connectivity index (χ1n) is 6.46. The number of rotatable bonds is 5. The summed E-state index contributed by atoms with van der Waals surface area (Å²) in [5, 5.41) is 0. The van der Waals surface area contributed by atoms with Crippen LogP contribution in [0.15, 0.2) is 24.3 Å². The number of carbonyl (C=O) groups excluding carboxylic acids is 1. The molecule has 1 aliphatic heterocycles. The highest BCUT2D eigenvalue weighted by molar-refractivity contribution is 5.71. The number of hydrogen-bond donors (Lipinski definition) is 0. The van der Waals surface area contributed by atoms with Crippen LogP contribution in [0.5, 0.6) is 5.75 Å². The largest absolute Gasteiger partial charge is 0.491 e. The second kappa shape index (κ2) is 7.21. The van der Waals surface area contributed by atoms with E-state index >= 15 is 0 Å². The second-order valence-electron chi connectivity index (χ2n) is 4.57. The van der Waals surface area contributed by atoms with Gasteiger partial charge in [0.15, 0.2) is 0 Å². The van der Waals surface area contributed by atoms with E-state index in [4.69, 9.17) is 9.47 Å². The van der Waals surface area contributed by atoms with E-state index in [9.17, 15) is 9.18 Å². The van der Waals surface area contributed by atoms with Crippen molar-refractivity contribution >= 4 is 5.97 Å². The first kappa shape index (κ1) is 14.7. The van der Waals surface area contributed by atoms with Crippen molar-refractivity contribution in [2.24, 2.45) is 0 Å². The van der Waals surface area contributed by atoms with E-state index in [1.165, 1.54) is 19.2 Å². The summed E-state index contributed by atoms with van der Waals surface area (Å²) < 4.78 is 28.5. The lowest BCUT2D eigenvalue weighted by atomic mass is 10.3. The summed E-state index contributed by atoms with van der Waals surface area (Å²) in [7, 11) is 1.37. The van der Waals surface area contributed by atoms with Gasteiger partial charge in [0.05, 0.1) is 20.3 Å². The van der Waals surface area contributed by atoms with Crippen LogP contribution in [0.1, 0.15) is 0 Å². The van der Waals surface area contributed by atoms with Crippen LogP contribution in [0.4, 0.5) is 4.39 Å². The Kier molecular flexibility index (Phi) is 5.31. The van der Waals surface area contributed by atoms with Crippen LogP contribution < -0.4 is 4.74 Å². The van der Waals surface area contributed by atoms with E-state index in [0.29, 0.717) is 32.1 Å². The van der Waals surface area contributed by atoms with E-state index in [1.807, 2.05) is 4.90 Å². The van der Waals surface area contributed by atoms with Gasteiger partial charge >= 0.3 is 5.97 Å². The Balaban J connectivity index is 1.78. The molecule has 1 atom stereocenters. The number of ether oxygens (including phenoxy) is 3. The molecule has 1 heterocycles. The fourth-order valence-electron chi connectivity index (χ4n) is 1.99. The van der Waals surface area contributed by atoms with Gasteiger partial charge in [-0.15, -0.1) is 0 Å². The summed E-state index contributed by atoms with van der Waals surface area (Å²) in [6.45, 7) is 2.48. The van der Waals surface area contributed by atoms with Crippen molar-refractivity contribution in [3.05, 3.63) is 30.1 Å². The van der Waals surface area contributed by atoms with Crippen LogP contribution in [0, 0.1) is 5.82 Å². The fourth-order valence-corrected chi connectivity index (χ4v) is 1.99. The Labute approximate surface area is 117 Å². The standard InChI is InChI=1S/C14H18FNO4/c1-18-14(17)9-16-6-7-19-13(8-16)10-20-12-4-2-11(15)3-5-12/h2-5,13H,6-10H2,1H3/t13-/m1/s1. The summed E-state index contributed by atoms with van der Waals surface area (Å²) >= 11 is 0. The molecule has 1 saturated heterocycles. The van der Waals surface area contributed by atoms with Crippen molar-refractivity contribution in [3.8, 4) is 5.75 Å². The molecule has 110 valence electrons. The number of morpholine rings is 1. The molecule has 0 bridgehead atoms. The minimum atomic E-state index is -0.296. The number of halogens is 1. The number of esters is 1. The molecule has 0 saturated carbocycles. The number of methoxy groups -OCH3 is 1. The Morgan fingerprint density at radius 3 is 2.90 bits per heavy atom. The molecule has 0 unspecified atom stereocenters. The maximum atomic E-state index is 12.8. The predicted molar refractivity (Wildman–Crippen MR) is 70.1 cm³/mol. The number of benzene rings is 1. The Bertz CT molecular complexity index is 437. The molecule has 1 aromatic carbocycles. The zero-order chi connectivity index (χ0) is 14.4. The Morgan fingerprint density at radius 2 is 2.20 bits per heavy atom. The smallest absolute Gasteiger partial charge is 0.319 e. The topological polar surface area (TPSA) is 48.0 Å². The van der Waals surface area contributed by atoms with Crippen molar-refractivity contribution in [2.75, 3.05) is 40.0 Å². The van der Waals surface area contributed by atoms with Gasteiger partial charge in [-0.1, -0.05) is 0 Å². The van der Waals surface area contributed by atoms with Crippen molar-refractivity contribution in [1.29, 1.82) is 0 Å². The van der Waals surface area contributed by atoms with E-state index in [1.54, 1.807) is 12.1 Å². The van der Waals surface area contributed by atoms with Crippen LogP contribution in [-0.2, 0) is 14.3 Å². The van der Waals surface area contributed by atoms with Crippen LogP contribution >= 0.6 is 0 Å². The molecule has 2 rings (SSSR count). The van der Waals surface area contributed by atoms with Crippen LogP contribution in [0.25, 0.3) is 0 Å². The van der Waals surface area contributed by atoms with Gasteiger partial charge in [0.25, 0.3) is 0 Å². The quantitative estimate of drug-likeness (QED) is 0.757. The van der Waals surface area contributed by atoms with E-state index in [-0.39, 0.29) is 24.4 Å². The van der Waals surface area contributed by atoms with Crippen molar-refractivity contribution in [1.82, 2.24) is 4.90 Å². The second-order valence-corrected chi connectivity index (χ2v) is 4.57. The molecule has 5 nitrogen and oxygen atoms in total. The summed E-state index contributed by atoms with van der Waals surface area (Å²) in [6, 6.07) is 5.84. The minimum absolute atomic E-state index is 0.113. The minimum Gasteiger partial charge on any atom is -0.491 e. The molecule has 1 fully saturated rings. The van der Waals surface area contributed by atoms with Gasteiger partial charge in [0.1, 0.15) is 24.3 Å². The molecular formula is C14H18FNO4. The Morgan fingerprint density at radius 1 is 1.45 bits per heavy atom. The number of hydrogen-bond acceptors (Lipinski definition) is 5. The van der Waals surface area contributed by atoms with Crippen LogP contribution in [0.3, 0.4) is 0 Å². The predicted octanol–water partition coefficient (Wildman–Crippen LogP) is 1.08.